The first kappa shape index (κ1) is 12.3. The number of β-amino-alcohol motifs (C(OH)–C–C–N with tert-alkyl or cyclic N) is 1. The number of benzene rings is 1. The second kappa shape index (κ2) is 5.02. The van der Waals surface area contributed by atoms with E-state index in [1.165, 1.54) is 0 Å². The molecule has 0 bridgehead atoms. The third-order valence-corrected chi connectivity index (χ3v) is 3.67. The molecular formula is C13H18N2OS. The Morgan fingerprint density at radius 2 is 2.06 bits per heavy atom. The Morgan fingerprint density at radius 3 is 2.59 bits per heavy atom. The number of piperidine rings is 1. The highest BCUT2D eigenvalue weighted by molar-refractivity contribution is 7.80. The van der Waals surface area contributed by atoms with Gasteiger partial charge in [-0.2, -0.15) is 0 Å². The molecule has 1 fully saturated rings. The Kier molecular flexibility index (Phi) is 3.64. The van der Waals surface area contributed by atoms with Crippen molar-refractivity contribution >= 4 is 22.9 Å². The lowest BCUT2D eigenvalue weighted by atomic mass is 9.95. The monoisotopic (exact) mass is 250 g/mol. The minimum absolute atomic E-state index is 0.237. The van der Waals surface area contributed by atoms with E-state index in [-0.39, 0.29) is 6.10 Å². The molecule has 1 aliphatic rings. The summed E-state index contributed by atoms with van der Waals surface area (Å²) in [6, 6.07) is 7.89. The Balaban J connectivity index is 2.10. The van der Waals surface area contributed by atoms with Crippen molar-refractivity contribution in [2.24, 2.45) is 11.7 Å². The highest BCUT2D eigenvalue weighted by Crippen LogP contribution is 2.23. The van der Waals surface area contributed by atoms with E-state index in [4.69, 9.17) is 18.0 Å². The molecule has 4 heteroatoms. The van der Waals surface area contributed by atoms with E-state index in [2.05, 4.69) is 11.8 Å². The third-order valence-electron chi connectivity index (χ3n) is 3.44. The van der Waals surface area contributed by atoms with Crippen molar-refractivity contribution < 1.29 is 5.11 Å². The molecule has 2 atom stereocenters. The average molecular weight is 250 g/mol. The summed E-state index contributed by atoms with van der Waals surface area (Å²) in [6.45, 7) is 3.79. The van der Waals surface area contributed by atoms with Crippen LogP contribution < -0.4 is 10.6 Å². The third kappa shape index (κ3) is 2.76. The topological polar surface area (TPSA) is 49.5 Å². The van der Waals surface area contributed by atoms with Crippen LogP contribution >= 0.6 is 12.2 Å². The maximum atomic E-state index is 9.87. The first-order chi connectivity index (χ1) is 8.08. The number of aliphatic hydroxyl groups is 1. The van der Waals surface area contributed by atoms with Crippen molar-refractivity contribution in [1.82, 2.24) is 0 Å². The zero-order chi connectivity index (χ0) is 12.4. The second-order valence-corrected chi connectivity index (χ2v) is 5.13. The quantitative estimate of drug-likeness (QED) is 0.782. The predicted octanol–water partition coefficient (Wildman–Crippen LogP) is 1.53. The molecule has 1 heterocycles. The van der Waals surface area contributed by atoms with Crippen molar-refractivity contribution in [2.75, 3.05) is 18.0 Å². The van der Waals surface area contributed by atoms with Crippen molar-refractivity contribution in [2.45, 2.75) is 19.4 Å². The lowest BCUT2D eigenvalue weighted by Crippen LogP contribution is -2.42. The van der Waals surface area contributed by atoms with Gasteiger partial charge in [0.2, 0.25) is 0 Å². The minimum atomic E-state index is -0.237. The van der Waals surface area contributed by atoms with E-state index in [9.17, 15) is 5.11 Å². The number of aliphatic hydroxyl groups excluding tert-OH is 1. The fourth-order valence-corrected chi connectivity index (χ4v) is 2.26. The first-order valence-electron chi connectivity index (χ1n) is 5.91. The predicted molar refractivity (Wildman–Crippen MR) is 74.3 cm³/mol. The van der Waals surface area contributed by atoms with Crippen LogP contribution in [0.25, 0.3) is 0 Å². The molecule has 1 aromatic rings. The van der Waals surface area contributed by atoms with Gasteiger partial charge in [-0.3, -0.25) is 0 Å². The van der Waals surface area contributed by atoms with Crippen LogP contribution in [0.4, 0.5) is 5.69 Å². The zero-order valence-corrected chi connectivity index (χ0v) is 10.8. The maximum absolute atomic E-state index is 9.87. The standard InChI is InChI=1S/C13H18N2OS/c1-9-6-7-15(8-12(9)16)11-4-2-10(3-5-11)13(14)17/h2-5,9,12,16H,6-8H2,1H3,(H2,14,17). The number of nitrogens with two attached hydrogens (primary N) is 1. The summed E-state index contributed by atoms with van der Waals surface area (Å²) in [5, 5.41) is 9.87. The summed E-state index contributed by atoms with van der Waals surface area (Å²) in [5.41, 5.74) is 7.57. The summed E-state index contributed by atoms with van der Waals surface area (Å²) in [6.07, 6.45) is 0.789. The van der Waals surface area contributed by atoms with E-state index >= 15 is 0 Å². The van der Waals surface area contributed by atoms with Crippen molar-refractivity contribution in [1.29, 1.82) is 0 Å². The molecule has 17 heavy (non-hydrogen) atoms. The molecule has 2 unspecified atom stereocenters. The number of thiocarbonyl (C=S) groups is 1. The van der Waals surface area contributed by atoms with Gasteiger partial charge in [0.05, 0.1) is 6.10 Å². The Morgan fingerprint density at radius 1 is 1.41 bits per heavy atom. The average Bonchev–Trinajstić information content (AvgIpc) is 2.33. The molecule has 0 spiro atoms. The van der Waals surface area contributed by atoms with Gasteiger partial charge in [-0.15, -0.1) is 0 Å². The van der Waals surface area contributed by atoms with Gasteiger partial charge in [0.15, 0.2) is 0 Å². The smallest absolute Gasteiger partial charge is 0.103 e. The molecule has 92 valence electrons. The number of anilines is 1. The molecule has 1 saturated heterocycles. The number of hydrogen-bond acceptors (Lipinski definition) is 3. The molecular weight excluding hydrogens is 232 g/mol. The van der Waals surface area contributed by atoms with Gasteiger partial charge < -0.3 is 15.7 Å². The highest BCUT2D eigenvalue weighted by Gasteiger charge is 2.24. The Labute approximate surface area is 107 Å². The van der Waals surface area contributed by atoms with Crippen molar-refractivity contribution in [3.8, 4) is 0 Å². The Hall–Kier alpha value is -1.13. The number of nitrogens with zero attached hydrogens (tertiary/aromatic N) is 1. The SMILES string of the molecule is CC1CCN(c2ccc(C(N)=S)cc2)CC1O. The lowest BCUT2D eigenvalue weighted by molar-refractivity contribution is 0.103. The van der Waals surface area contributed by atoms with Gasteiger partial charge in [-0.25, -0.2) is 0 Å². The van der Waals surface area contributed by atoms with Gasteiger partial charge in [0, 0.05) is 24.3 Å². The summed E-state index contributed by atoms with van der Waals surface area (Å²) < 4.78 is 0. The summed E-state index contributed by atoms with van der Waals surface area (Å²) >= 11 is 4.92. The molecule has 2 rings (SSSR count). The van der Waals surface area contributed by atoms with Gasteiger partial charge in [-0.05, 0) is 36.6 Å². The van der Waals surface area contributed by atoms with E-state index in [1.54, 1.807) is 0 Å². The second-order valence-electron chi connectivity index (χ2n) is 4.69. The molecule has 0 saturated carbocycles. The first-order valence-corrected chi connectivity index (χ1v) is 6.31. The fourth-order valence-electron chi connectivity index (χ4n) is 2.12. The molecule has 0 aliphatic carbocycles. The van der Waals surface area contributed by atoms with Crippen LogP contribution in [-0.2, 0) is 0 Å². The van der Waals surface area contributed by atoms with E-state index in [0.717, 1.165) is 24.2 Å². The largest absolute Gasteiger partial charge is 0.391 e. The van der Waals surface area contributed by atoms with E-state index in [1.807, 2.05) is 24.3 Å². The maximum Gasteiger partial charge on any atom is 0.103 e. The van der Waals surface area contributed by atoms with Crippen molar-refractivity contribution in [3.63, 3.8) is 0 Å². The van der Waals surface area contributed by atoms with Crippen LogP contribution in [0.3, 0.4) is 0 Å². The summed E-state index contributed by atoms with van der Waals surface area (Å²) in [7, 11) is 0. The van der Waals surface area contributed by atoms with Crippen LogP contribution in [0.5, 0.6) is 0 Å². The van der Waals surface area contributed by atoms with Crippen LogP contribution in [-0.4, -0.2) is 29.3 Å². The number of rotatable bonds is 2. The fraction of sp³-hybridized carbons (Fsp3) is 0.462. The van der Waals surface area contributed by atoms with Gasteiger partial charge >= 0.3 is 0 Å². The van der Waals surface area contributed by atoms with Gasteiger partial charge in [-0.1, -0.05) is 19.1 Å². The van der Waals surface area contributed by atoms with Crippen LogP contribution in [0.2, 0.25) is 0 Å². The lowest BCUT2D eigenvalue weighted by Gasteiger charge is -2.35. The number of hydrogen-bond donors (Lipinski definition) is 2. The molecule has 3 nitrogen and oxygen atoms in total. The molecule has 3 N–H and O–H groups in total. The molecule has 1 aromatic carbocycles. The van der Waals surface area contributed by atoms with Crippen molar-refractivity contribution in [3.05, 3.63) is 29.8 Å². The normalized spacial score (nSPS) is 24.7. The summed E-state index contributed by atoms with van der Waals surface area (Å²) in [4.78, 5) is 2.62. The van der Waals surface area contributed by atoms with E-state index in [0.29, 0.717) is 17.5 Å². The Bertz CT molecular complexity index is 404. The van der Waals surface area contributed by atoms with Crippen LogP contribution in [0, 0.1) is 5.92 Å². The van der Waals surface area contributed by atoms with Crippen LogP contribution in [0.15, 0.2) is 24.3 Å². The van der Waals surface area contributed by atoms with Gasteiger partial charge in [0.25, 0.3) is 0 Å². The summed E-state index contributed by atoms with van der Waals surface area (Å²) in [5.74, 6) is 0.391. The zero-order valence-electron chi connectivity index (χ0n) is 9.97. The minimum Gasteiger partial charge on any atom is -0.391 e. The molecule has 0 aromatic heterocycles. The highest BCUT2D eigenvalue weighted by atomic mass is 32.1. The van der Waals surface area contributed by atoms with E-state index < -0.39 is 0 Å². The molecule has 1 aliphatic heterocycles. The van der Waals surface area contributed by atoms with Crippen LogP contribution in [0.1, 0.15) is 18.9 Å². The van der Waals surface area contributed by atoms with Gasteiger partial charge in [0.1, 0.15) is 4.99 Å². The molecule has 0 amide bonds. The molecule has 0 radical (unpaired) electrons.